The monoisotopic (exact) mass is 354 g/mol. The summed E-state index contributed by atoms with van der Waals surface area (Å²) in [4.78, 5) is 23.2. The normalized spacial score (nSPS) is 19.8. The van der Waals surface area contributed by atoms with Gasteiger partial charge in [0.1, 0.15) is 6.04 Å². The van der Waals surface area contributed by atoms with E-state index in [1.54, 1.807) is 25.1 Å². The topological polar surface area (TPSA) is 104 Å². The molecule has 1 aliphatic rings. The fraction of sp³-hybridized carbons (Fsp3) is 0.500. The van der Waals surface area contributed by atoms with E-state index in [-0.39, 0.29) is 23.3 Å². The van der Waals surface area contributed by atoms with Crippen LogP contribution >= 0.6 is 0 Å². The van der Waals surface area contributed by atoms with Gasteiger partial charge in [0.2, 0.25) is 15.9 Å². The third-order valence-electron chi connectivity index (χ3n) is 4.04. The molecular weight excluding hydrogens is 332 g/mol. The Morgan fingerprint density at radius 1 is 1.33 bits per heavy atom. The van der Waals surface area contributed by atoms with Gasteiger partial charge < -0.3 is 10.4 Å². The van der Waals surface area contributed by atoms with Crippen LogP contribution in [-0.4, -0.2) is 48.3 Å². The molecule has 132 valence electrons. The van der Waals surface area contributed by atoms with Gasteiger partial charge in [-0.3, -0.25) is 9.59 Å². The van der Waals surface area contributed by atoms with Crippen LogP contribution in [0.25, 0.3) is 0 Å². The summed E-state index contributed by atoms with van der Waals surface area (Å²) in [6.07, 6.45) is 1.34. The molecule has 1 aromatic rings. The first-order valence-corrected chi connectivity index (χ1v) is 9.35. The molecule has 1 aliphatic heterocycles. The summed E-state index contributed by atoms with van der Waals surface area (Å²) in [5, 5.41) is 11.4. The van der Waals surface area contributed by atoms with Crippen molar-refractivity contribution in [3.8, 4) is 0 Å². The van der Waals surface area contributed by atoms with Crippen LogP contribution in [0.1, 0.15) is 32.6 Å². The minimum absolute atomic E-state index is 0.0435. The number of amides is 1. The average Bonchev–Trinajstić information content (AvgIpc) is 3.04. The number of rotatable bonds is 7. The number of carbonyl (C=O) groups is 2. The first kappa shape index (κ1) is 18.4. The van der Waals surface area contributed by atoms with Crippen molar-refractivity contribution in [2.75, 3.05) is 6.54 Å². The van der Waals surface area contributed by atoms with Gasteiger partial charge >= 0.3 is 5.97 Å². The maximum Gasteiger partial charge on any atom is 0.303 e. The van der Waals surface area contributed by atoms with Crippen molar-refractivity contribution in [2.45, 2.75) is 49.6 Å². The van der Waals surface area contributed by atoms with Gasteiger partial charge in [0, 0.05) is 19.0 Å². The molecule has 0 bridgehead atoms. The number of carboxylic acid groups (broad SMARTS) is 1. The molecule has 2 atom stereocenters. The zero-order valence-corrected chi connectivity index (χ0v) is 14.3. The molecule has 8 heteroatoms. The second-order valence-corrected chi connectivity index (χ2v) is 7.82. The van der Waals surface area contributed by atoms with Crippen molar-refractivity contribution in [2.24, 2.45) is 0 Å². The molecule has 0 aliphatic carbocycles. The summed E-state index contributed by atoms with van der Waals surface area (Å²) >= 11 is 0. The van der Waals surface area contributed by atoms with E-state index in [2.05, 4.69) is 5.32 Å². The lowest BCUT2D eigenvalue weighted by atomic mass is 10.1. The predicted molar refractivity (Wildman–Crippen MR) is 87.8 cm³/mol. The van der Waals surface area contributed by atoms with E-state index in [0.717, 1.165) is 0 Å². The van der Waals surface area contributed by atoms with Crippen molar-refractivity contribution >= 4 is 21.9 Å². The second-order valence-electron chi connectivity index (χ2n) is 5.93. The summed E-state index contributed by atoms with van der Waals surface area (Å²) in [7, 11) is -3.72. The molecule has 1 amide bonds. The van der Waals surface area contributed by atoms with Gasteiger partial charge in [-0.15, -0.1) is 0 Å². The molecule has 1 aromatic carbocycles. The van der Waals surface area contributed by atoms with E-state index < -0.39 is 22.0 Å². The molecular formula is C16H22N2O5S. The minimum atomic E-state index is -3.72. The Morgan fingerprint density at radius 2 is 2.00 bits per heavy atom. The lowest BCUT2D eigenvalue weighted by molar-refractivity contribution is -0.137. The number of nitrogens with one attached hydrogen (secondary N) is 1. The van der Waals surface area contributed by atoms with E-state index >= 15 is 0 Å². The van der Waals surface area contributed by atoms with Crippen molar-refractivity contribution in [3.05, 3.63) is 30.3 Å². The quantitative estimate of drug-likeness (QED) is 0.766. The summed E-state index contributed by atoms with van der Waals surface area (Å²) < 4.78 is 26.7. The van der Waals surface area contributed by atoms with E-state index in [0.29, 0.717) is 25.8 Å². The summed E-state index contributed by atoms with van der Waals surface area (Å²) in [5.41, 5.74) is 0. The molecule has 0 spiro atoms. The lowest BCUT2D eigenvalue weighted by Gasteiger charge is -2.25. The van der Waals surface area contributed by atoms with Crippen molar-refractivity contribution in [3.63, 3.8) is 0 Å². The van der Waals surface area contributed by atoms with E-state index in [9.17, 15) is 18.0 Å². The fourth-order valence-corrected chi connectivity index (χ4v) is 4.45. The fourth-order valence-electron chi connectivity index (χ4n) is 2.77. The van der Waals surface area contributed by atoms with Crippen LogP contribution in [0.5, 0.6) is 0 Å². The molecule has 7 nitrogen and oxygen atoms in total. The van der Waals surface area contributed by atoms with Gasteiger partial charge in [-0.1, -0.05) is 18.2 Å². The zero-order chi connectivity index (χ0) is 17.7. The highest BCUT2D eigenvalue weighted by Gasteiger charge is 2.39. The number of sulfonamides is 1. The Kier molecular flexibility index (Phi) is 5.95. The highest BCUT2D eigenvalue weighted by molar-refractivity contribution is 7.89. The molecule has 2 rings (SSSR count). The number of hydrogen-bond acceptors (Lipinski definition) is 4. The van der Waals surface area contributed by atoms with Crippen molar-refractivity contribution in [1.82, 2.24) is 9.62 Å². The van der Waals surface area contributed by atoms with Gasteiger partial charge in [-0.05, 0) is 38.3 Å². The van der Waals surface area contributed by atoms with Gasteiger partial charge in [-0.2, -0.15) is 4.31 Å². The highest BCUT2D eigenvalue weighted by atomic mass is 32.2. The van der Waals surface area contributed by atoms with Crippen molar-refractivity contribution < 1.29 is 23.1 Å². The molecule has 1 saturated heterocycles. The van der Waals surface area contributed by atoms with Gasteiger partial charge in [0.05, 0.1) is 4.90 Å². The van der Waals surface area contributed by atoms with Crippen LogP contribution in [0.3, 0.4) is 0 Å². The first-order chi connectivity index (χ1) is 11.3. The maximum absolute atomic E-state index is 12.7. The van der Waals surface area contributed by atoms with E-state index in [1.165, 1.54) is 16.4 Å². The molecule has 24 heavy (non-hydrogen) atoms. The van der Waals surface area contributed by atoms with E-state index in [4.69, 9.17) is 5.11 Å². The van der Waals surface area contributed by atoms with Crippen LogP contribution in [0.4, 0.5) is 0 Å². The third kappa shape index (κ3) is 4.33. The maximum atomic E-state index is 12.7. The van der Waals surface area contributed by atoms with Crippen LogP contribution in [0.2, 0.25) is 0 Å². The highest BCUT2D eigenvalue weighted by Crippen LogP contribution is 2.26. The van der Waals surface area contributed by atoms with Crippen LogP contribution in [0, 0.1) is 0 Å². The molecule has 1 heterocycles. The van der Waals surface area contributed by atoms with Gasteiger partial charge in [0.25, 0.3) is 0 Å². The smallest absolute Gasteiger partial charge is 0.303 e. The standard InChI is InChI=1S/C16H22N2O5S/c1-12(9-10-15(19)20)17-16(21)14-8-5-11-18(14)24(22,23)13-6-3-2-4-7-13/h2-4,6-7,12,14H,5,8-11H2,1H3,(H,17,21)(H,19,20). The average molecular weight is 354 g/mol. The second kappa shape index (κ2) is 7.76. The van der Waals surface area contributed by atoms with Crippen LogP contribution in [-0.2, 0) is 19.6 Å². The van der Waals surface area contributed by atoms with Gasteiger partial charge in [0.15, 0.2) is 0 Å². The number of aliphatic carboxylic acids is 1. The zero-order valence-electron chi connectivity index (χ0n) is 13.5. The SMILES string of the molecule is CC(CCC(=O)O)NC(=O)C1CCCN1S(=O)(=O)c1ccccc1. The summed E-state index contributed by atoms with van der Waals surface area (Å²) in [6.45, 7) is 2.02. The number of benzene rings is 1. The number of nitrogens with zero attached hydrogens (tertiary/aromatic N) is 1. The Bertz CT molecular complexity index is 690. The summed E-state index contributed by atoms with van der Waals surface area (Å²) in [5.74, 6) is -1.30. The first-order valence-electron chi connectivity index (χ1n) is 7.91. The Hall–Kier alpha value is -1.93. The predicted octanol–water partition coefficient (Wildman–Crippen LogP) is 1.21. The van der Waals surface area contributed by atoms with E-state index in [1.807, 2.05) is 0 Å². The molecule has 0 aromatic heterocycles. The van der Waals surface area contributed by atoms with Gasteiger partial charge in [-0.25, -0.2) is 8.42 Å². The Morgan fingerprint density at radius 3 is 2.62 bits per heavy atom. The van der Waals surface area contributed by atoms with Crippen LogP contribution < -0.4 is 5.32 Å². The Labute approximate surface area is 141 Å². The lowest BCUT2D eigenvalue weighted by Crippen LogP contribution is -2.48. The number of carboxylic acids is 1. The molecule has 2 N–H and O–H groups in total. The van der Waals surface area contributed by atoms with Crippen LogP contribution in [0.15, 0.2) is 35.2 Å². The molecule has 0 radical (unpaired) electrons. The van der Waals surface area contributed by atoms with Crippen molar-refractivity contribution in [1.29, 1.82) is 0 Å². The molecule has 0 saturated carbocycles. The Balaban J connectivity index is 2.07. The third-order valence-corrected chi connectivity index (χ3v) is 5.96. The molecule has 2 unspecified atom stereocenters. The minimum Gasteiger partial charge on any atom is -0.481 e. The molecule has 1 fully saturated rings. The summed E-state index contributed by atoms with van der Waals surface area (Å²) in [6, 6.07) is 6.98. The largest absolute Gasteiger partial charge is 0.481 e. The number of carbonyl (C=O) groups excluding carboxylic acids is 1. The number of hydrogen-bond donors (Lipinski definition) is 2.